The van der Waals surface area contributed by atoms with Gasteiger partial charge in [0.2, 0.25) is 17.6 Å². The molecule has 1 unspecified atom stereocenters. The first-order chi connectivity index (χ1) is 14.4. The zero-order valence-corrected chi connectivity index (χ0v) is 16.9. The first-order valence-electron chi connectivity index (χ1n) is 9.15. The molecule has 1 atom stereocenters. The lowest BCUT2D eigenvalue weighted by Gasteiger charge is -2.18. The van der Waals surface area contributed by atoms with Crippen molar-refractivity contribution in [2.75, 3.05) is 7.11 Å². The van der Waals surface area contributed by atoms with Gasteiger partial charge in [0.1, 0.15) is 5.82 Å². The van der Waals surface area contributed by atoms with Crippen LogP contribution < -0.4 is 5.32 Å². The summed E-state index contributed by atoms with van der Waals surface area (Å²) in [5.74, 6) is -0.506. The van der Waals surface area contributed by atoms with Crippen molar-refractivity contribution in [3.8, 4) is 11.4 Å². The molecule has 0 fully saturated rings. The quantitative estimate of drug-likeness (QED) is 0.544. The summed E-state index contributed by atoms with van der Waals surface area (Å²) in [5.41, 5.74) is 1.34. The molecule has 0 aliphatic heterocycles. The van der Waals surface area contributed by atoms with Crippen LogP contribution >= 0.6 is 11.6 Å². The highest BCUT2D eigenvalue weighted by Crippen LogP contribution is 2.21. The number of methoxy groups -OCH3 is 1. The Balaban J connectivity index is 1.60. The number of ether oxygens (including phenoxy) is 1. The van der Waals surface area contributed by atoms with Crippen LogP contribution in [-0.2, 0) is 20.7 Å². The maximum Gasteiger partial charge on any atom is 0.307 e. The second-order valence-corrected chi connectivity index (χ2v) is 6.91. The molecule has 3 rings (SSSR count). The summed E-state index contributed by atoms with van der Waals surface area (Å²) in [6, 6.07) is 12.0. The van der Waals surface area contributed by atoms with E-state index < -0.39 is 12.0 Å². The number of benzene rings is 2. The van der Waals surface area contributed by atoms with Crippen LogP contribution in [0.25, 0.3) is 11.4 Å². The first-order valence-corrected chi connectivity index (χ1v) is 9.52. The third-order valence-electron chi connectivity index (χ3n) is 4.34. The Labute approximate surface area is 177 Å². The van der Waals surface area contributed by atoms with Gasteiger partial charge in [-0.1, -0.05) is 28.9 Å². The van der Waals surface area contributed by atoms with Gasteiger partial charge in [-0.25, -0.2) is 4.39 Å². The van der Waals surface area contributed by atoms with E-state index in [0.717, 1.165) is 5.56 Å². The normalized spacial score (nSPS) is 11.7. The van der Waals surface area contributed by atoms with Gasteiger partial charge in [-0.15, -0.1) is 0 Å². The molecule has 0 spiro atoms. The van der Waals surface area contributed by atoms with E-state index in [1.165, 1.54) is 19.2 Å². The zero-order chi connectivity index (χ0) is 21.5. The number of hydrogen-bond donors (Lipinski definition) is 1. The van der Waals surface area contributed by atoms with Crippen molar-refractivity contribution in [3.63, 3.8) is 0 Å². The minimum absolute atomic E-state index is 0.0147. The molecule has 1 aromatic heterocycles. The molecule has 0 radical (unpaired) electrons. The van der Waals surface area contributed by atoms with Crippen molar-refractivity contribution < 1.29 is 23.2 Å². The Morgan fingerprint density at radius 3 is 2.53 bits per heavy atom. The fourth-order valence-electron chi connectivity index (χ4n) is 2.76. The van der Waals surface area contributed by atoms with Crippen LogP contribution in [0, 0.1) is 5.82 Å². The lowest BCUT2D eigenvalue weighted by molar-refractivity contribution is -0.141. The molecule has 9 heteroatoms. The van der Waals surface area contributed by atoms with E-state index in [4.69, 9.17) is 20.9 Å². The molecular weight excluding hydrogens is 413 g/mol. The first kappa shape index (κ1) is 21.4. The number of aromatic nitrogens is 2. The highest BCUT2D eigenvalue weighted by molar-refractivity contribution is 6.30. The number of rotatable bonds is 8. The number of nitrogens with zero attached hydrogens (tertiary/aromatic N) is 2. The summed E-state index contributed by atoms with van der Waals surface area (Å²) in [4.78, 5) is 28.4. The van der Waals surface area contributed by atoms with Gasteiger partial charge in [0.15, 0.2) is 0 Å². The third kappa shape index (κ3) is 5.87. The van der Waals surface area contributed by atoms with E-state index >= 15 is 0 Å². The summed E-state index contributed by atoms with van der Waals surface area (Å²) >= 11 is 5.91. The summed E-state index contributed by atoms with van der Waals surface area (Å²) < 4.78 is 22.9. The van der Waals surface area contributed by atoms with Crippen molar-refractivity contribution in [2.45, 2.75) is 25.3 Å². The number of esters is 1. The number of carbonyl (C=O) groups excluding carboxylic acids is 2. The Hall–Kier alpha value is -3.26. The van der Waals surface area contributed by atoms with Crippen molar-refractivity contribution >= 4 is 23.5 Å². The number of carbonyl (C=O) groups is 2. The Morgan fingerprint density at radius 2 is 1.87 bits per heavy atom. The van der Waals surface area contributed by atoms with E-state index in [2.05, 4.69) is 15.5 Å². The number of hydrogen-bond acceptors (Lipinski definition) is 6. The lowest BCUT2D eigenvalue weighted by atomic mass is 10.0. The molecule has 1 N–H and O–H groups in total. The molecule has 156 valence electrons. The third-order valence-corrected chi connectivity index (χ3v) is 4.59. The van der Waals surface area contributed by atoms with Crippen molar-refractivity contribution in [2.24, 2.45) is 0 Å². The van der Waals surface area contributed by atoms with Crippen LogP contribution in [0.1, 0.15) is 30.3 Å². The molecule has 0 aliphatic rings. The maximum atomic E-state index is 13.0. The topological polar surface area (TPSA) is 94.3 Å². The maximum absolute atomic E-state index is 13.0. The molecule has 30 heavy (non-hydrogen) atoms. The SMILES string of the molecule is COC(=O)CC(NC(=O)CCc1nc(-c2ccc(F)cc2)no1)c1ccc(Cl)cc1. The van der Waals surface area contributed by atoms with Crippen LogP contribution in [0.3, 0.4) is 0 Å². The Morgan fingerprint density at radius 1 is 1.17 bits per heavy atom. The van der Waals surface area contributed by atoms with Gasteiger partial charge in [-0.3, -0.25) is 9.59 Å². The van der Waals surface area contributed by atoms with Gasteiger partial charge in [0.05, 0.1) is 19.6 Å². The Kier molecular flexibility index (Phi) is 7.13. The summed E-state index contributed by atoms with van der Waals surface area (Å²) in [6.45, 7) is 0. The standard InChI is InChI=1S/C21H19ClFN3O4/c1-29-20(28)12-17(13-2-6-15(22)7-3-13)24-18(27)10-11-19-25-21(26-30-19)14-4-8-16(23)9-5-14/h2-9,17H,10-12H2,1H3,(H,24,27). The monoisotopic (exact) mass is 431 g/mol. The minimum atomic E-state index is -0.556. The van der Waals surface area contributed by atoms with Gasteiger partial charge in [0, 0.05) is 23.4 Å². The van der Waals surface area contributed by atoms with E-state index in [0.29, 0.717) is 16.4 Å². The molecule has 0 saturated carbocycles. The molecular formula is C21H19ClFN3O4. The molecule has 7 nitrogen and oxygen atoms in total. The average Bonchev–Trinajstić information content (AvgIpc) is 3.22. The number of aryl methyl sites for hydroxylation is 1. The molecule has 0 bridgehead atoms. The smallest absolute Gasteiger partial charge is 0.307 e. The minimum Gasteiger partial charge on any atom is -0.469 e. The van der Waals surface area contributed by atoms with Gasteiger partial charge in [-0.05, 0) is 42.0 Å². The van der Waals surface area contributed by atoms with Gasteiger partial charge in [-0.2, -0.15) is 4.98 Å². The van der Waals surface area contributed by atoms with E-state index in [1.807, 2.05) is 0 Å². The summed E-state index contributed by atoms with van der Waals surface area (Å²) in [6.07, 6.45) is 0.279. The van der Waals surface area contributed by atoms with E-state index in [9.17, 15) is 14.0 Å². The zero-order valence-electron chi connectivity index (χ0n) is 16.1. The molecule has 1 amide bonds. The fourth-order valence-corrected chi connectivity index (χ4v) is 2.88. The summed E-state index contributed by atoms with van der Waals surface area (Å²) in [5, 5.41) is 7.22. The van der Waals surface area contributed by atoms with Crippen LogP contribution in [-0.4, -0.2) is 29.1 Å². The van der Waals surface area contributed by atoms with Crippen LogP contribution in [0.15, 0.2) is 53.1 Å². The number of amides is 1. The van der Waals surface area contributed by atoms with Crippen molar-refractivity contribution in [1.29, 1.82) is 0 Å². The molecule has 2 aromatic carbocycles. The highest BCUT2D eigenvalue weighted by atomic mass is 35.5. The number of nitrogens with one attached hydrogen (secondary N) is 1. The van der Waals surface area contributed by atoms with Gasteiger partial charge >= 0.3 is 5.97 Å². The predicted molar refractivity (Wildman–Crippen MR) is 107 cm³/mol. The molecule has 0 saturated heterocycles. The molecule has 0 aliphatic carbocycles. The molecule has 1 heterocycles. The van der Waals surface area contributed by atoms with E-state index in [1.54, 1.807) is 36.4 Å². The molecule has 3 aromatic rings. The average molecular weight is 432 g/mol. The highest BCUT2D eigenvalue weighted by Gasteiger charge is 2.19. The van der Waals surface area contributed by atoms with Crippen LogP contribution in [0.5, 0.6) is 0 Å². The second-order valence-electron chi connectivity index (χ2n) is 6.47. The van der Waals surface area contributed by atoms with Crippen LogP contribution in [0.2, 0.25) is 5.02 Å². The number of halogens is 2. The van der Waals surface area contributed by atoms with E-state index in [-0.39, 0.29) is 36.9 Å². The van der Waals surface area contributed by atoms with Gasteiger partial charge in [0.25, 0.3) is 0 Å². The lowest BCUT2D eigenvalue weighted by Crippen LogP contribution is -2.30. The predicted octanol–water partition coefficient (Wildman–Crippen LogP) is 3.88. The summed E-state index contributed by atoms with van der Waals surface area (Å²) in [7, 11) is 1.29. The van der Waals surface area contributed by atoms with Crippen molar-refractivity contribution in [1.82, 2.24) is 15.5 Å². The van der Waals surface area contributed by atoms with Crippen molar-refractivity contribution in [3.05, 3.63) is 70.8 Å². The largest absolute Gasteiger partial charge is 0.469 e. The fraction of sp³-hybridized carbons (Fsp3) is 0.238. The Bertz CT molecular complexity index is 1010. The second kappa shape index (κ2) is 9.98. The van der Waals surface area contributed by atoms with Gasteiger partial charge < -0.3 is 14.6 Å². The van der Waals surface area contributed by atoms with Crippen LogP contribution in [0.4, 0.5) is 4.39 Å².